The van der Waals surface area contributed by atoms with E-state index in [1.807, 2.05) is 31.2 Å². The number of carbonyl (C=O) groups excluding carboxylic acids is 1. The zero-order chi connectivity index (χ0) is 19.2. The van der Waals surface area contributed by atoms with Gasteiger partial charge in [0.05, 0.1) is 6.26 Å². The second kappa shape index (κ2) is 8.77. The molecule has 0 N–H and O–H groups in total. The van der Waals surface area contributed by atoms with Gasteiger partial charge in [0, 0.05) is 30.7 Å². The van der Waals surface area contributed by atoms with Crippen LogP contribution < -0.4 is 4.74 Å². The van der Waals surface area contributed by atoms with E-state index >= 15 is 0 Å². The van der Waals surface area contributed by atoms with Gasteiger partial charge < -0.3 is 14.1 Å². The third-order valence-electron chi connectivity index (χ3n) is 4.39. The van der Waals surface area contributed by atoms with Gasteiger partial charge >= 0.3 is 0 Å². The SMILES string of the molecule is CC(CCc1ccco1)N(C)C(=O)c1ccn(COc2cccc(Cl)c2)n1. The van der Waals surface area contributed by atoms with Crippen molar-refractivity contribution in [3.63, 3.8) is 0 Å². The van der Waals surface area contributed by atoms with Crippen LogP contribution in [0, 0.1) is 0 Å². The molecule has 0 aliphatic rings. The van der Waals surface area contributed by atoms with E-state index in [0.717, 1.165) is 18.6 Å². The molecular formula is C20H22ClN3O3. The highest BCUT2D eigenvalue weighted by Crippen LogP contribution is 2.17. The van der Waals surface area contributed by atoms with E-state index in [2.05, 4.69) is 5.10 Å². The number of carbonyl (C=O) groups is 1. The standard InChI is InChI=1S/C20H22ClN3O3/c1-15(8-9-17-7-4-12-26-17)23(2)20(25)19-10-11-24(22-19)14-27-18-6-3-5-16(21)13-18/h3-7,10-13,15H,8-9,14H2,1-2H3. The molecule has 142 valence electrons. The Kier molecular flexibility index (Phi) is 6.19. The summed E-state index contributed by atoms with van der Waals surface area (Å²) in [6.07, 6.45) is 4.98. The van der Waals surface area contributed by atoms with Crippen LogP contribution >= 0.6 is 11.6 Å². The van der Waals surface area contributed by atoms with Crippen LogP contribution in [0.3, 0.4) is 0 Å². The topological polar surface area (TPSA) is 60.5 Å². The molecule has 3 rings (SSSR count). The van der Waals surface area contributed by atoms with Crippen molar-refractivity contribution in [3.05, 3.63) is 71.4 Å². The summed E-state index contributed by atoms with van der Waals surface area (Å²) in [5, 5.41) is 4.92. The first kappa shape index (κ1) is 19.0. The van der Waals surface area contributed by atoms with Crippen LogP contribution in [0.15, 0.2) is 59.3 Å². The number of benzene rings is 1. The maximum Gasteiger partial charge on any atom is 0.274 e. The Morgan fingerprint density at radius 2 is 2.19 bits per heavy atom. The molecule has 7 heteroatoms. The average Bonchev–Trinajstić information content (AvgIpc) is 3.35. The Balaban J connectivity index is 1.53. The number of amides is 1. The van der Waals surface area contributed by atoms with E-state index in [9.17, 15) is 4.79 Å². The molecule has 2 aromatic heterocycles. The lowest BCUT2D eigenvalue weighted by Gasteiger charge is -2.23. The molecule has 2 heterocycles. The Morgan fingerprint density at radius 1 is 1.33 bits per heavy atom. The smallest absolute Gasteiger partial charge is 0.274 e. The van der Waals surface area contributed by atoms with E-state index in [-0.39, 0.29) is 18.7 Å². The fourth-order valence-corrected chi connectivity index (χ4v) is 2.81. The molecular weight excluding hydrogens is 366 g/mol. The van der Waals surface area contributed by atoms with Gasteiger partial charge in [0.2, 0.25) is 0 Å². The lowest BCUT2D eigenvalue weighted by molar-refractivity contribution is 0.0728. The van der Waals surface area contributed by atoms with Gasteiger partial charge in [-0.25, -0.2) is 4.68 Å². The first-order valence-electron chi connectivity index (χ1n) is 8.74. The number of ether oxygens (including phenoxy) is 1. The minimum atomic E-state index is -0.122. The van der Waals surface area contributed by atoms with Gasteiger partial charge in [-0.2, -0.15) is 5.10 Å². The second-order valence-corrected chi connectivity index (χ2v) is 6.79. The van der Waals surface area contributed by atoms with Crippen LogP contribution in [0.4, 0.5) is 0 Å². The molecule has 0 radical (unpaired) electrons. The van der Waals surface area contributed by atoms with Crippen LogP contribution in [-0.2, 0) is 13.2 Å². The molecule has 3 aromatic rings. The Labute approximate surface area is 163 Å². The van der Waals surface area contributed by atoms with Crippen LogP contribution in [0.25, 0.3) is 0 Å². The van der Waals surface area contributed by atoms with Crippen molar-refractivity contribution in [3.8, 4) is 5.75 Å². The molecule has 1 atom stereocenters. The highest BCUT2D eigenvalue weighted by atomic mass is 35.5. The van der Waals surface area contributed by atoms with Crippen molar-refractivity contribution in [2.24, 2.45) is 0 Å². The monoisotopic (exact) mass is 387 g/mol. The minimum absolute atomic E-state index is 0.0652. The summed E-state index contributed by atoms with van der Waals surface area (Å²) in [6, 6.07) is 12.7. The quantitative estimate of drug-likeness (QED) is 0.579. The van der Waals surface area contributed by atoms with Crippen molar-refractivity contribution >= 4 is 17.5 Å². The van der Waals surface area contributed by atoms with E-state index < -0.39 is 0 Å². The Morgan fingerprint density at radius 3 is 2.93 bits per heavy atom. The van der Waals surface area contributed by atoms with Crippen molar-refractivity contribution in [1.82, 2.24) is 14.7 Å². The van der Waals surface area contributed by atoms with Gasteiger partial charge in [-0.1, -0.05) is 17.7 Å². The molecule has 1 aromatic carbocycles. The van der Waals surface area contributed by atoms with E-state index in [1.54, 1.807) is 47.3 Å². The van der Waals surface area contributed by atoms with Crippen LogP contribution in [0.2, 0.25) is 5.02 Å². The van der Waals surface area contributed by atoms with Gasteiger partial charge in [-0.3, -0.25) is 4.79 Å². The number of hydrogen-bond acceptors (Lipinski definition) is 4. The predicted molar refractivity (Wildman–Crippen MR) is 103 cm³/mol. The predicted octanol–water partition coefficient (Wildman–Crippen LogP) is 4.26. The number of nitrogens with zero attached hydrogens (tertiary/aromatic N) is 3. The number of halogens is 1. The zero-order valence-corrected chi connectivity index (χ0v) is 16.1. The first-order chi connectivity index (χ1) is 13.0. The van der Waals surface area contributed by atoms with Gasteiger partial charge in [0.25, 0.3) is 5.91 Å². The van der Waals surface area contributed by atoms with E-state index in [0.29, 0.717) is 16.5 Å². The molecule has 0 saturated carbocycles. The minimum Gasteiger partial charge on any atom is -0.471 e. The summed E-state index contributed by atoms with van der Waals surface area (Å²) >= 11 is 5.94. The van der Waals surface area contributed by atoms with Gasteiger partial charge in [0.1, 0.15) is 11.5 Å². The molecule has 6 nitrogen and oxygen atoms in total. The first-order valence-corrected chi connectivity index (χ1v) is 9.12. The normalized spacial score (nSPS) is 12.0. The lowest BCUT2D eigenvalue weighted by Crippen LogP contribution is -2.35. The molecule has 0 aliphatic heterocycles. The molecule has 0 bridgehead atoms. The third-order valence-corrected chi connectivity index (χ3v) is 4.62. The maximum absolute atomic E-state index is 12.6. The summed E-state index contributed by atoms with van der Waals surface area (Å²) in [7, 11) is 1.79. The van der Waals surface area contributed by atoms with Crippen LogP contribution in [0.5, 0.6) is 5.75 Å². The number of rotatable bonds is 8. The lowest BCUT2D eigenvalue weighted by atomic mass is 10.1. The van der Waals surface area contributed by atoms with Crippen LogP contribution in [-0.4, -0.2) is 33.7 Å². The molecule has 1 unspecified atom stereocenters. The molecule has 0 spiro atoms. The summed E-state index contributed by atoms with van der Waals surface area (Å²) in [6.45, 7) is 2.21. The maximum atomic E-state index is 12.6. The number of aryl methyl sites for hydroxylation is 1. The van der Waals surface area contributed by atoms with Crippen molar-refractivity contribution in [2.45, 2.75) is 32.5 Å². The Hall–Kier alpha value is -2.73. The fraction of sp³-hybridized carbons (Fsp3) is 0.300. The summed E-state index contributed by atoms with van der Waals surface area (Å²) in [5.41, 5.74) is 0.386. The molecule has 1 amide bonds. The highest BCUT2D eigenvalue weighted by Gasteiger charge is 2.20. The molecule has 0 saturated heterocycles. The summed E-state index contributed by atoms with van der Waals surface area (Å²) < 4.78 is 12.6. The third kappa shape index (κ3) is 5.14. The number of furan rings is 1. The Bertz CT molecular complexity index is 876. The number of hydrogen-bond donors (Lipinski definition) is 0. The van der Waals surface area contributed by atoms with Crippen LogP contribution in [0.1, 0.15) is 29.6 Å². The van der Waals surface area contributed by atoms with Crippen molar-refractivity contribution < 1.29 is 13.9 Å². The summed E-state index contributed by atoms with van der Waals surface area (Å²) in [5.74, 6) is 1.45. The van der Waals surface area contributed by atoms with Gasteiger partial charge in [-0.05, 0) is 49.7 Å². The molecule has 0 fully saturated rings. The fourth-order valence-electron chi connectivity index (χ4n) is 2.63. The second-order valence-electron chi connectivity index (χ2n) is 6.35. The highest BCUT2D eigenvalue weighted by molar-refractivity contribution is 6.30. The average molecular weight is 388 g/mol. The van der Waals surface area contributed by atoms with Gasteiger partial charge in [0.15, 0.2) is 12.4 Å². The van der Waals surface area contributed by atoms with E-state index in [4.69, 9.17) is 20.8 Å². The van der Waals surface area contributed by atoms with Gasteiger partial charge in [-0.15, -0.1) is 0 Å². The van der Waals surface area contributed by atoms with Crippen molar-refractivity contribution in [2.75, 3.05) is 7.05 Å². The zero-order valence-electron chi connectivity index (χ0n) is 15.3. The van der Waals surface area contributed by atoms with Crippen molar-refractivity contribution in [1.29, 1.82) is 0 Å². The number of aromatic nitrogens is 2. The molecule has 0 aliphatic carbocycles. The molecule has 27 heavy (non-hydrogen) atoms. The largest absolute Gasteiger partial charge is 0.471 e. The van der Waals surface area contributed by atoms with E-state index in [1.165, 1.54) is 0 Å². The summed E-state index contributed by atoms with van der Waals surface area (Å²) in [4.78, 5) is 14.3.